The van der Waals surface area contributed by atoms with Gasteiger partial charge in [0.2, 0.25) is 0 Å². The van der Waals surface area contributed by atoms with Gasteiger partial charge in [-0.25, -0.2) is 0 Å². The maximum Gasteiger partial charge on any atom is 0.186 e. The van der Waals surface area contributed by atoms with Gasteiger partial charge in [-0.1, -0.05) is 76.9 Å². The number of ether oxygens (including phenoxy) is 2. The minimum absolute atomic E-state index is 0.421. The van der Waals surface area contributed by atoms with E-state index in [1.54, 1.807) is 0 Å². The minimum atomic E-state index is -1.37. The van der Waals surface area contributed by atoms with E-state index in [1.807, 2.05) is 0 Å². The molecule has 0 aromatic carbocycles. The zero-order chi connectivity index (χ0) is 22.0. The molecule has 0 aliphatic carbocycles. The molecular formula is C24H46O6. The van der Waals surface area contributed by atoms with E-state index >= 15 is 0 Å². The molecule has 0 bridgehead atoms. The number of unbranched alkanes of at least 4 members (excludes halogenated alkanes) is 12. The lowest BCUT2D eigenvalue weighted by atomic mass is 9.99. The van der Waals surface area contributed by atoms with Crippen molar-refractivity contribution < 1.29 is 29.9 Å². The first kappa shape index (κ1) is 27.5. The van der Waals surface area contributed by atoms with Crippen LogP contribution in [0.2, 0.25) is 0 Å². The van der Waals surface area contributed by atoms with Gasteiger partial charge in [0.25, 0.3) is 0 Å². The highest BCUT2D eigenvalue weighted by molar-refractivity contribution is 4.88. The normalized spacial score (nSPS) is 27.2. The second-order valence-electron chi connectivity index (χ2n) is 8.51. The molecule has 0 aromatic heterocycles. The van der Waals surface area contributed by atoms with Crippen LogP contribution in [0.15, 0.2) is 12.2 Å². The average molecular weight is 431 g/mol. The first-order chi connectivity index (χ1) is 14.6. The number of hydrogen-bond donors (Lipinski definition) is 4. The Hall–Kier alpha value is -0.500. The molecule has 0 saturated carbocycles. The fourth-order valence-electron chi connectivity index (χ4n) is 3.75. The Bertz CT molecular complexity index is 415. The summed E-state index contributed by atoms with van der Waals surface area (Å²) in [5.41, 5.74) is 0. The van der Waals surface area contributed by atoms with Crippen molar-refractivity contribution in [2.45, 2.75) is 128 Å². The van der Waals surface area contributed by atoms with E-state index in [0.717, 1.165) is 19.3 Å². The van der Waals surface area contributed by atoms with Crippen molar-refractivity contribution in [1.29, 1.82) is 0 Å². The molecule has 1 saturated heterocycles. The highest BCUT2D eigenvalue weighted by atomic mass is 16.7. The zero-order valence-corrected chi connectivity index (χ0v) is 19.0. The Morgan fingerprint density at radius 1 is 0.700 bits per heavy atom. The summed E-state index contributed by atoms with van der Waals surface area (Å²) in [7, 11) is 0. The predicted octanol–water partition coefficient (Wildman–Crippen LogP) is 3.84. The Morgan fingerprint density at radius 2 is 1.23 bits per heavy atom. The third kappa shape index (κ3) is 11.8. The minimum Gasteiger partial charge on any atom is -0.394 e. The molecule has 30 heavy (non-hydrogen) atoms. The molecule has 6 heteroatoms. The second-order valence-corrected chi connectivity index (χ2v) is 8.51. The number of aliphatic hydroxyl groups is 4. The zero-order valence-electron chi connectivity index (χ0n) is 19.0. The van der Waals surface area contributed by atoms with Crippen LogP contribution < -0.4 is 0 Å². The van der Waals surface area contributed by atoms with Crippen LogP contribution >= 0.6 is 0 Å². The molecule has 6 nitrogen and oxygen atoms in total. The average Bonchev–Trinajstić information content (AvgIpc) is 2.75. The van der Waals surface area contributed by atoms with Gasteiger partial charge in [0, 0.05) is 6.61 Å². The van der Waals surface area contributed by atoms with Gasteiger partial charge in [0.05, 0.1) is 6.61 Å². The highest BCUT2D eigenvalue weighted by Crippen LogP contribution is 2.22. The third-order valence-electron chi connectivity index (χ3n) is 5.79. The van der Waals surface area contributed by atoms with Crippen LogP contribution in [0, 0.1) is 0 Å². The van der Waals surface area contributed by atoms with Crippen molar-refractivity contribution in [3.8, 4) is 0 Å². The Morgan fingerprint density at radius 3 is 1.80 bits per heavy atom. The summed E-state index contributed by atoms with van der Waals surface area (Å²) in [5.74, 6) is 0. The molecule has 0 aromatic rings. The van der Waals surface area contributed by atoms with Crippen molar-refractivity contribution >= 4 is 0 Å². The predicted molar refractivity (Wildman–Crippen MR) is 119 cm³/mol. The van der Waals surface area contributed by atoms with Crippen LogP contribution in [0.5, 0.6) is 0 Å². The topological polar surface area (TPSA) is 99.4 Å². The molecule has 4 N–H and O–H groups in total. The lowest BCUT2D eigenvalue weighted by molar-refractivity contribution is -0.301. The van der Waals surface area contributed by atoms with Gasteiger partial charge in [-0.05, 0) is 32.1 Å². The van der Waals surface area contributed by atoms with E-state index in [2.05, 4.69) is 19.1 Å². The number of rotatable bonds is 18. The lowest BCUT2D eigenvalue weighted by Crippen LogP contribution is -2.59. The number of allylic oxidation sites excluding steroid dienone is 2. The SMILES string of the molecule is CCCCCCCC/C=C/CCCCCCCCOC1O[C@H](CO)[C@@H](O)[C@H](O)[C@H]1O. The highest BCUT2D eigenvalue weighted by Gasteiger charge is 2.43. The van der Waals surface area contributed by atoms with Gasteiger partial charge in [-0.3, -0.25) is 0 Å². The van der Waals surface area contributed by atoms with Gasteiger partial charge in [0.15, 0.2) is 6.29 Å². The van der Waals surface area contributed by atoms with Crippen molar-refractivity contribution in [3.63, 3.8) is 0 Å². The Kier molecular flexibility index (Phi) is 16.6. The largest absolute Gasteiger partial charge is 0.394 e. The van der Waals surface area contributed by atoms with E-state index in [0.29, 0.717) is 6.61 Å². The summed E-state index contributed by atoms with van der Waals surface area (Å²) in [5, 5.41) is 38.6. The van der Waals surface area contributed by atoms with Gasteiger partial charge < -0.3 is 29.9 Å². The quantitative estimate of drug-likeness (QED) is 0.195. The molecule has 0 spiro atoms. The van der Waals surface area contributed by atoms with Crippen LogP contribution in [0.4, 0.5) is 0 Å². The molecule has 1 rings (SSSR count). The third-order valence-corrected chi connectivity index (χ3v) is 5.79. The van der Waals surface area contributed by atoms with E-state index in [-0.39, 0.29) is 0 Å². The van der Waals surface area contributed by atoms with Crippen molar-refractivity contribution in [2.24, 2.45) is 0 Å². The first-order valence-corrected chi connectivity index (χ1v) is 12.2. The summed E-state index contributed by atoms with van der Waals surface area (Å²) in [6, 6.07) is 0. The standard InChI is InChI=1S/C24H46O6/c1-2-3-4-5-6-7-8-9-10-11-12-13-14-15-16-17-18-29-24-23(28)22(27)21(26)20(19-25)30-24/h9-10,20-28H,2-8,11-19H2,1H3/b10-9+/t20-,21-,22+,23-,24?/m1/s1. The van der Waals surface area contributed by atoms with Crippen LogP contribution in [0.3, 0.4) is 0 Å². The summed E-state index contributed by atoms with van der Waals surface area (Å²) < 4.78 is 10.8. The number of aliphatic hydroxyl groups excluding tert-OH is 4. The maximum atomic E-state index is 9.91. The van der Waals surface area contributed by atoms with E-state index in [9.17, 15) is 15.3 Å². The van der Waals surface area contributed by atoms with Gasteiger partial charge in [-0.2, -0.15) is 0 Å². The van der Waals surface area contributed by atoms with Crippen molar-refractivity contribution in [1.82, 2.24) is 0 Å². The molecular weight excluding hydrogens is 384 g/mol. The van der Waals surface area contributed by atoms with Crippen LogP contribution in [0.1, 0.15) is 96.8 Å². The van der Waals surface area contributed by atoms with Gasteiger partial charge in [-0.15, -0.1) is 0 Å². The van der Waals surface area contributed by atoms with Gasteiger partial charge >= 0.3 is 0 Å². The molecule has 1 fully saturated rings. The summed E-state index contributed by atoms with van der Waals surface area (Å²) in [6.07, 6.45) is 16.0. The van der Waals surface area contributed by atoms with Crippen LogP contribution in [-0.2, 0) is 9.47 Å². The molecule has 0 amide bonds. The summed E-state index contributed by atoms with van der Waals surface area (Å²) in [6.45, 7) is 2.24. The maximum absolute atomic E-state index is 9.91. The molecule has 1 aliphatic rings. The lowest BCUT2D eigenvalue weighted by Gasteiger charge is -2.39. The van der Waals surface area contributed by atoms with Crippen LogP contribution in [0.25, 0.3) is 0 Å². The fraction of sp³-hybridized carbons (Fsp3) is 0.917. The van der Waals surface area contributed by atoms with Crippen molar-refractivity contribution in [2.75, 3.05) is 13.2 Å². The monoisotopic (exact) mass is 430 g/mol. The fourth-order valence-corrected chi connectivity index (χ4v) is 3.75. The Balaban J connectivity index is 1.90. The summed E-state index contributed by atoms with van der Waals surface area (Å²) in [4.78, 5) is 0. The Labute approximate surface area is 183 Å². The first-order valence-electron chi connectivity index (χ1n) is 12.2. The number of hydrogen-bond acceptors (Lipinski definition) is 6. The molecule has 178 valence electrons. The molecule has 5 atom stereocenters. The van der Waals surface area contributed by atoms with Crippen LogP contribution in [-0.4, -0.2) is 64.3 Å². The molecule has 1 aliphatic heterocycles. The van der Waals surface area contributed by atoms with E-state index in [4.69, 9.17) is 14.6 Å². The smallest absolute Gasteiger partial charge is 0.186 e. The second kappa shape index (κ2) is 18.1. The van der Waals surface area contributed by atoms with Crippen molar-refractivity contribution in [3.05, 3.63) is 12.2 Å². The molecule has 1 heterocycles. The van der Waals surface area contributed by atoms with Gasteiger partial charge in [0.1, 0.15) is 24.4 Å². The van der Waals surface area contributed by atoms with E-state index in [1.165, 1.54) is 70.6 Å². The summed E-state index contributed by atoms with van der Waals surface area (Å²) >= 11 is 0. The van der Waals surface area contributed by atoms with E-state index < -0.39 is 37.3 Å². The molecule has 0 radical (unpaired) electrons. The molecule has 1 unspecified atom stereocenters.